The van der Waals surface area contributed by atoms with Crippen LogP contribution in [-0.4, -0.2) is 37.1 Å². The van der Waals surface area contributed by atoms with Crippen LogP contribution in [0.25, 0.3) is 174 Å². The summed E-state index contributed by atoms with van der Waals surface area (Å²) in [5.74, 6) is 0. The van der Waals surface area contributed by atoms with Gasteiger partial charge in [-0.1, -0.05) is 216 Å². The van der Waals surface area contributed by atoms with Crippen molar-refractivity contribution in [3.8, 4) is 11.1 Å². The summed E-state index contributed by atoms with van der Waals surface area (Å²) < 4.78 is 18.6. The Morgan fingerprint density at radius 1 is 0.315 bits per heavy atom. The molecule has 0 unspecified atom stereocenters. The van der Waals surface area contributed by atoms with Gasteiger partial charge in [-0.15, -0.1) is 0 Å². The Kier molecular flexibility index (Phi) is 11.5. The number of rotatable bonds is 2. The van der Waals surface area contributed by atoms with Gasteiger partial charge in [-0.25, -0.2) is 9.97 Å². The molecule has 0 aliphatic carbocycles. The summed E-state index contributed by atoms with van der Waals surface area (Å²) in [4.78, 5) is 10.2. The SMILES string of the molecule is Brc1ccc2ccc3cccc4ccc1c2c34.CC1(C)OB(c2ccc3c(c2)c2cc4ccccc4cc2n2c4ccccc4nc32)OC1(C)C.c1ccc2cc3c(cc2c1)c1cc(-c2ccc4ccc5cccc6ccc2c4c56)ccc1c1nc2ccccc2n31. The third-order valence-corrected chi connectivity index (χ3v) is 21.0. The predicted molar refractivity (Wildman–Crippen MR) is 393 cm³/mol. The average molecular weight is 1240 g/mol. The molecule has 6 nitrogen and oxygen atoms in total. The highest BCUT2D eigenvalue weighted by atomic mass is 79.9. The Hall–Kier alpha value is -10.5. The van der Waals surface area contributed by atoms with E-state index in [2.05, 4.69) is 313 Å². The number of fused-ring (bicyclic) bond motifs is 18. The van der Waals surface area contributed by atoms with Crippen molar-refractivity contribution in [1.29, 1.82) is 0 Å². The van der Waals surface area contributed by atoms with E-state index in [0.29, 0.717) is 0 Å². The first-order chi connectivity index (χ1) is 45.0. The van der Waals surface area contributed by atoms with Gasteiger partial charge in [0.25, 0.3) is 0 Å². The normalized spacial score (nSPS) is 14.2. The third kappa shape index (κ3) is 7.94. The van der Waals surface area contributed by atoms with Crippen LogP contribution in [0.2, 0.25) is 0 Å². The van der Waals surface area contributed by atoms with Gasteiger partial charge >= 0.3 is 7.12 Å². The molecule has 92 heavy (non-hydrogen) atoms. The van der Waals surface area contributed by atoms with Crippen LogP contribution in [0.15, 0.2) is 271 Å². The van der Waals surface area contributed by atoms with E-state index in [9.17, 15) is 0 Å². The lowest BCUT2D eigenvalue weighted by Gasteiger charge is -2.32. The lowest BCUT2D eigenvalue weighted by atomic mass is 9.78. The van der Waals surface area contributed by atoms with Gasteiger partial charge in [0.05, 0.1) is 44.3 Å². The molecule has 8 heteroatoms. The molecular formula is C84H56BBrN4O2. The summed E-state index contributed by atoms with van der Waals surface area (Å²) in [7, 11) is -0.403. The minimum atomic E-state index is -0.403. The van der Waals surface area contributed by atoms with Gasteiger partial charge in [-0.05, 0) is 208 Å². The number of pyridine rings is 2. The van der Waals surface area contributed by atoms with Crippen LogP contribution in [0.1, 0.15) is 27.7 Å². The number of para-hydroxylation sites is 4. The Balaban J connectivity index is 0.000000107. The van der Waals surface area contributed by atoms with Crippen LogP contribution in [0.5, 0.6) is 0 Å². The molecule has 5 heterocycles. The van der Waals surface area contributed by atoms with Gasteiger partial charge in [0.1, 0.15) is 11.3 Å². The first-order valence-electron chi connectivity index (χ1n) is 31.6. The summed E-state index contributed by atoms with van der Waals surface area (Å²) in [5.41, 5.74) is 11.4. The fraction of sp³-hybridized carbons (Fsp3) is 0.0714. The smallest absolute Gasteiger partial charge is 0.399 e. The molecule has 20 aromatic rings. The zero-order valence-corrected chi connectivity index (χ0v) is 52.6. The second-order valence-electron chi connectivity index (χ2n) is 26.0. The topological polar surface area (TPSA) is 53.1 Å². The maximum absolute atomic E-state index is 6.37. The van der Waals surface area contributed by atoms with Crippen molar-refractivity contribution in [2.75, 3.05) is 0 Å². The van der Waals surface area contributed by atoms with Crippen molar-refractivity contribution in [3.63, 3.8) is 0 Å². The maximum atomic E-state index is 6.37. The fourth-order valence-corrected chi connectivity index (χ4v) is 15.5. The van der Waals surface area contributed by atoms with Crippen LogP contribution in [-0.2, 0) is 9.31 Å². The monoisotopic (exact) mass is 1240 g/mol. The number of hydrogen-bond donors (Lipinski definition) is 0. The second kappa shape index (κ2) is 19.8. The zero-order valence-electron chi connectivity index (χ0n) is 51.0. The molecule has 0 amide bonds. The number of hydrogen-bond acceptors (Lipinski definition) is 4. The molecule has 1 aliphatic rings. The van der Waals surface area contributed by atoms with E-state index in [-0.39, 0.29) is 11.2 Å². The van der Waals surface area contributed by atoms with Crippen molar-refractivity contribution in [2.24, 2.45) is 0 Å². The number of nitrogens with zero attached hydrogens (tertiary/aromatic N) is 4. The minimum absolute atomic E-state index is 0.379. The highest BCUT2D eigenvalue weighted by Gasteiger charge is 2.51. The van der Waals surface area contributed by atoms with Crippen LogP contribution >= 0.6 is 15.9 Å². The van der Waals surface area contributed by atoms with Gasteiger partial charge in [0.2, 0.25) is 0 Å². The summed E-state index contributed by atoms with van der Waals surface area (Å²) in [6.07, 6.45) is 0. The second-order valence-corrected chi connectivity index (χ2v) is 26.8. The van der Waals surface area contributed by atoms with Crippen LogP contribution < -0.4 is 5.46 Å². The standard InChI is InChI=1S/C39H22N2.C29H25BN2O2.C16H9Br/c1-2-7-27-22-36-33(20-26(27)6-1)32-21-28(16-19-31(32)39-40-34-10-3-4-11-35(34)41(36)39)29-17-14-25-13-12-23-8-5-9-24-15-18-30(29)38(25)37(23)24;1-28(2)29(3,4)34-30(33-28)20-13-14-21-22(17-20)23-15-18-9-5-6-10-19(18)16-26(23)32-25-12-8-7-11-24(25)31-27(21)32;17-14-9-7-12-5-4-10-2-1-3-11-6-8-13(14)16(12)15(10)11/h1-22H;5-17H,1-4H3;1-9H. The molecule has 1 saturated heterocycles. The molecule has 0 bridgehead atoms. The Bertz CT molecular complexity index is 6460. The summed E-state index contributed by atoms with van der Waals surface area (Å²) in [5, 5.41) is 27.9. The van der Waals surface area contributed by atoms with Crippen molar-refractivity contribution in [2.45, 2.75) is 38.9 Å². The van der Waals surface area contributed by atoms with Crippen molar-refractivity contribution < 1.29 is 9.31 Å². The zero-order chi connectivity index (χ0) is 61.3. The van der Waals surface area contributed by atoms with E-state index in [1.54, 1.807) is 0 Å². The molecule has 0 N–H and O–H groups in total. The van der Waals surface area contributed by atoms with Gasteiger partial charge in [-0.2, -0.15) is 0 Å². The molecule has 434 valence electrons. The Labute approximate surface area is 537 Å². The first kappa shape index (κ1) is 53.4. The van der Waals surface area contributed by atoms with Gasteiger partial charge in [0.15, 0.2) is 0 Å². The lowest BCUT2D eigenvalue weighted by molar-refractivity contribution is 0.00578. The van der Waals surface area contributed by atoms with E-state index in [1.165, 1.54) is 129 Å². The van der Waals surface area contributed by atoms with Crippen LogP contribution in [0, 0.1) is 0 Å². The highest BCUT2D eigenvalue weighted by Crippen LogP contribution is 2.44. The Morgan fingerprint density at radius 3 is 1.26 bits per heavy atom. The lowest BCUT2D eigenvalue weighted by Crippen LogP contribution is -2.41. The molecule has 16 aromatic carbocycles. The Morgan fingerprint density at radius 2 is 0.717 bits per heavy atom. The quantitative estimate of drug-likeness (QED) is 0.0983. The summed E-state index contributed by atoms with van der Waals surface area (Å²) >= 11 is 3.64. The highest BCUT2D eigenvalue weighted by molar-refractivity contribution is 9.10. The van der Waals surface area contributed by atoms with E-state index in [1.807, 2.05) is 6.07 Å². The fourth-order valence-electron chi connectivity index (χ4n) is 15.1. The van der Waals surface area contributed by atoms with E-state index >= 15 is 0 Å². The number of benzene rings is 16. The molecular weight excluding hydrogens is 1190 g/mol. The summed E-state index contributed by atoms with van der Waals surface area (Å²) in [6.45, 7) is 8.37. The van der Waals surface area contributed by atoms with Gasteiger partial charge in [-0.3, -0.25) is 8.80 Å². The van der Waals surface area contributed by atoms with Crippen LogP contribution in [0.3, 0.4) is 0 Å². The predicted octanol–water partition coefficient (Wildman–Crippen LogP) is 22.1. The molecule has 1 fully saturated rings. The maximum Gasteiger partial charge on any atom is 0.494 e. The van der Waals surface area contributed by atoms with Crippen LogP contribution in [0.4, 0.5) is 0 Å². The van der Waals surface area contributed by atoms with Crippen molar-refractivity contribution >= 4 is 191 Å². The summed E-state index contributed by atoms with van der Waals surface area (Å²) in [6, 6.07) is 96.6. The average Bonchev–Trinajstić information content (AvgIpc) is 1.38. The molecule has 21 rings (SSSR count). The molecule has 1 aliphatic heterocycles. The molecule has 0 radical (unpaired) electrons. The molecule has 0 spiro atoms. The van der Waals surface area contributed by atoms with Gasteiger partial charge < -0.3 is 9.31 Å². The van der Waals surface area contributed by atoms with E-state index < -0.39 is 7.12 Å². The number of halogens is 1. The third-order valence-electron chi connectivity index (χ3n) is 20.3. The molecule has 0 saturated carbocycles. The number of aromatic nitrogens is 4. The van der Waals surface area contributed by atoms with Crippen molar-refractivity contribution in [1.82, 2.24) is 18.8 Å². The largest absolute Gasteiger partial charge is 0.494 e. The minimum Gasteiger partial charge on any atom is -0.399 e. The molecule has 4 aromatic heterocycles. The first-order valence-corrected chi connectivity index (χ1v) is 32.4. The molecule has 0 atom stereocenters. The van der Waals surface area contributed by atoms with E-state index in [4.69, 9.17) is 19.3 Å². The number of imidazole rings is 2. The van der Waals surface area contributed by atoms with Gasteiger partial charge in [0, 0.05) is 26.0 Å². The van der Waals surface area contributed by atoms with E-state index in [0.717, 1.165) is 55.1 Å². The van der Waals surface area contributed by atoms with Crippen molar-refractivity contribution in [3.05, 3.63) is 271 Å².